The molecule has 0 aromatic carbocycles. The van der Waals surface area contributed by atoms with Gasteiger partial charge in [0.25, 0.3) is 0 Å². The topological polar surface area (TPSA) is 0 Å². The molecule has 0 aliphatic carbocycles. The van der Waals surface area contributed by atoms with Crippen LogP contribution in [0.15, 0.2) is 0 Å². The van der Waals surface area contributed by atoms with Crippen molar-refractivity contribution >= 4 is 24.0 Å². The van der Waals surface area contributed by atoms with Gasteiger partial charge >= 0.3 is 42.9 Å². The van der Waals surface area contributed by atoms with Crippen LogP contribution in [0.5, 0.6) is 0 Å². The zero-order valence-electron chi connectivity index (χ0n) is 4.12. The number of hydrogen-bond donors (Lipinski definition) is 0. The summed E-state index contributed by atoms with van der Waals surface area (Å²) < 4.78 is 2.75. The van der Waals surface area contributed by atoms with Gasteiger partial charge < -0.3 is 0 Å². The summed E-state index contributed by atoms with van der Waals surface area (Å²) in [6, 6.07) is 0. The SMILES string of the molecule is C[CH2][Ag][CH2]C.I. The Balaban J connectivity index is 0. The first-order valence-electron chi connectivity index (χ1n) is 1.84. The van der Waals surface area contributed by atoms with Gasteiger partial charge in [-0.3, -0.25) is 0 Å². The van der Waals surface area contributed by atoms with E-state index in [9.17, 15) is 0 Å². The molecule has 0 nitrogen and oxygen atoms in total. The van der Waals surface area contributed by atoms with E-state index in [0.29, 0.717) is 0 Å². The zero-order chi connectivity index (χ0) is 4.12. The molecule has 0 saturated carbocycles. The summed E-state index contributed by atoms with van der Waals surface area (Å²) in [5, 5.41) is 0. The average Bonchev–Trinajstić information content (AvgIpc) is 1.41. The molecule has 0 radical (unpaired) electrons. The van der Waals surface area contributed by atoms with E-state index in [1.54, 1.807) is 0 Å². The Hall–Kier alpha value is 1.47. The molecular formula is C4H11AgI. The van der Waals surface area contributed by atoms with E-state index < -0.39 is 0 Å². The van der Waals surface area contributed by atoms with Crippen LogP contribution < -0.4 is 0 Å². The van der Waals surface area contributed by atoms with Crippen LogP contribution in [0.2, 0.25) is 9.28 Å². The molecule has 0 unspecified atom stereocenters. The van der Waals surface area contributed by atoms with Gasteiger partial charge in [0.1, 0.15) is 0 Å². The van der Waals surface area contributed by atoms with Crippen molar-refractivity contribution in [2.75, 3.05) is 0 Å². The van der Waals surface area contributed by atoms with Crippen LogP contribution in [0.1, 0.15) is 13.8 Å². The first-order chi connectivity index (χ1) is 2.41. The Labute approximate surface area is 66.4 Å². The maximum absolute atomic E-state index is 2.23. The molecule has 0 heterocycles. The maximum Gasteiger partial charge on any atom is -0.107 e. The van der Waals surface area contributed by atoms with Gasteiger partial charge in [-0.15, -0.1) is 24.0 Å². The molecule has 0 amide bonds. The summed E-state index contributed by atoms with van der Waals surface area (Å²) in [6.45, 7) is 4.45. The van der Waals surface area contributed by atoms with Crippen LogP contribution in [0.3, 0.4) is 0 Å². The molecule has 0 rings (SSSR count). The van der Waals surface area contributed by atoms with E-state index in [-0.39, 0.29) is 24.0 Å². The maximum atomic E-state index is 2.23. The van der Waals surface area contributed by atoms with Crippen molar-refractivity contribution < 1.29 is 19.8 Å². The van der Waals surface area contributed by atoms with Gasteiger partial charge in [0.15, 0.2) is 0 Å². The van der Waals surface area contributed by atoms with Crippen molar-refractivity contribution in [3.8, 4) is 0 Å². The first kappa shape index (κ1) is 10.5. The van der Waals surface area contributed by atoms with Gasteiger partial charge in [-0.2, -0.15) is 0 Å². The quantitative estimate of drug-likeness (QED) is 0.542. The van der Waals surface area contributed by atoms with Gasteiger partial charge in [-0.25, -0.2) is 0 Å². The molecule has 6 heavy (non-hydrogen) atoms. The predicted octanol–water partition coefficient (Wildman–Crippen LogP) is 2.56. The Morgan fingerprint density at radius 3 is 1.50 bits per heavy atom. The fraction of sp³-hybridized carbons (Fsp3) is 1.00. The third kappa shape index (κ3) is 9.08. The number of rotatable bonds is 2. The van der Waals surface area contributed by atoms with Crippen molar-refractivity contribution in [3.05, 3.63) is 0 Å². The van der Waals surface area contributed by atoms with E-state index in [1.807, 2.05) is 0 Å². The van der Waals surface area contributed by atoms with Gasteiger partial charge in [0, 0.05) is 0 Å². The third-order valence-electron chi connectivity index (χ3n) is 0.302. The smallest absolute Gasteiger partial charge is 0.107 e. The van der Waals surface area contributed by atoms with Crippen LogP contribution in [0.25, 0.3) is 0 Å². The van der Waals surface area contributed by atoms with E-state index in [0.717, 1.165) is 0 Å². The molecule has 0 N–H and O–H groups in total. The van der Waals surface area contributed by atoms with E-state index in [2.05, 4.69) is 13.8 Å². The van der Waals surface area contributed by atoms with E-state index >= 15 is 0 Å². The molecule has 2 heteroatoms. The monoisotopic (exact) mass is 293 g/mol. The van der Waals surface area contributed by atoms with Crippen LogP contribution >= 0.6 is 24.0 Å². The number of hydrogen-bond acceptors (Lipinski definition) is 0. The van der Waals surface area contributed by atoms with Crippen LogP contribution in [-0.4, -0.2) is 0 Å². The summed E-state index contributed by atoms with van der Waals surface area (Å²) in [5.41, 5.74) is 0. The van der Waals surface area contributed by atoms with Gasteiger partial charge in [0.05, 0.1) is 0 Å². The van der Waals surface area contributed by atoms with E-state index in [1.165, 1.54) is 29.0 Å². The molecule has 0 saturated heterocycles. The number of halogens is 1. The summed E-state index contributed by atoms with van der Waals surface area (Å²) >= 11 is 1.18. The Morgan fingerprint density at radius 1 is 1.17 bits per heavy atom. The fourth-order valence-electron chi connectivity index (χ4n) is 0.151. The van der Waals surface area contributed by atoms with Crippen molar-refractivity contribution in [2.24, 2.45) is 0 Å². The van der Waals surface area contributed by atoms with Gasteiger partial charge in [-0.1, -0.05) is 0 Å². The normalized spacial score (nSPS) is 7.67. The minimum absolute atomic E-state index is 0. The first-order valence-corrected chi connectivity index (χ1v) is 3.94. The molecule has 0 aromatic heterocycles. The van der Waals surface area contributed by atoms with Crippen molar-refractivity contribution in [2.45, 2.75) is 23.1 Å². The predicted molar refractivity (Wildman–Crippen MR) is 36.4 cm³/mol. The second-order valence-electron chi connectivity index (χ2n) is 0.577. The van der Waals surface area contributed by atoms with Gasteiger partial charge in [0.2, 0.25) is 0 Å². The summed E-state index contributed by atoms with van der Waals surface area (Å²) in [5.74, 6) is 0. The second-order valence-corrected chi connectivity index (χ2v) is 3.41. The molecule has 45 valence electrons. The molecule has 0 aliphatic heterocycles. The second kappa shape index (κ2) is 9.69. The summed E-state index contributed by atoms with van der Waals surface area (Å²) in [6.07, 6.45) is 0. The minimum Gasteiger partial charge on any atom is -0.107 e. The summed E-state index contributed by atoms with van der Waals surface area (Å²) in [7, 11) is 0. The standard InChI is InChI=1S/2C2H5.Ag.HI/c2*1-2;;/h2*1H2,2H3;;1H. The minimum atomic E-state index is 0. The fourth-order valence-corrected chi connectivity index (χ4v) is 0.892. The van der Waals surface area contributed by atoms with Crippen LogP contribution in [0, 0.1) is 0 Å². The van der Waals surface area contributed by atoms with Crippen molar-refractivity contribution in [1.82, 2.24) is 0 Å². The largest absolute Gasteiger partial charge is 0.107 e. The van der Waals surface area contributed by atoms with Gasteiger partial charge in [-0.05, 0) is 0 Å². The molecule has 0 spiro atoms. The molecule has 0 fully saturated rings. The molecular weight excluding hydrogens is 283 g/mol. The Bertz CT molecular complexity index is 15.0. The van der Waals surface area contributed by atoms with Crippen LogP contribution in [-0.2, 0) is 19.8 Å². The third-order valence-corrected chi connectivity index (χ3v) is 1.78. The summed E-state index contributed by atoms with van der Waals surface area (Å²) in [4.78, 5) is 0. The van der Waals surface area contributed by atoms with Crippen molar-refractivity contribution in [3.63, 3.8) is 0 Å². The molecule has 0 aromatic rings. The van der Waals surface area contributed by atoms with Crippen molar-refractivity contribution in [1.29, 1.82) is 0 Å². The average molecular weight is 294 g/mol. The molecule has 0 aliphatic rings. The van der Waals surface area contributed by atoms with E-state index in [4.69, 9.17) is 0 Å². The zero-order valence-corrected chi connectivity index (χ0v) is 7.94. The molecule has 0 bridgehead atoms. The molecule has 0 atom stereocenters. The Kier molecular flexibility index (Phi) is 16.9. The Morgan fingerprint density at radius 2 is 1.50 bits per heavy atom. The van der Waals surface area contributed by atoms with Crippen LogP contribution in [0.4, 0.5) is 0 Å².